The van der Waals surface area contributed by atoms with Crippen molar-refractivity contribution >= 4 is 15.7 Å². The summed E-state index contributed by atoms with van der Waals surface area (Å²) in [4.78, 5) is 3.00. The SMILES string of the molecule is COc1ccc(NS(=O)(=O)c2c(C)[nH]c(C)c2-c2nnc(C3CC3)o2)cc1F. The number of aromatic nitrogens is 3. The van der Waals surface area contributed by atoms with Crippen LogP contribution in [-0.4, -0.2) is 30.7 Å². The first-order valence-corrected chi connectivity index (χ1v) is 10.2. The van der Waals surface area contributed by atoms with Crippen LogP contribution in [0.25, 0.3) is 11.5 Å². The summed E-state index contributed by atoms with van der Waals surface area (Å²) in [6.07, 6.45) is 1.98. The van der Waals surface area contributed by atoms with E-state index in [0.717, 1.165) is 18.9 Å². The average molecular weight is 406 g/mol. The van der Waals surface area contributed by atoms with E-state index >= 15 is 0 Å². The maximum atomic E-state index is 13.9. The number of nitrogens with zero attached hydrogens (tertiary/aromatic N) is 2. The molecule has 0 unspecified atom stereocenters. The largest absolute Gasteiger partial charge is 0.494 e. The van der Waals surface area contributed by atoms with Crippen molar-refractivity contribution < 1.29 is 22.0 Å². The van der Waals surface area contributed by atoms with Crippen LogP contribution in [0.4, 0.5) is 10.1 Å². The summed E-state index contributed by atoms with van der Waals surface area (Å²) in [6, 6.07) is 3.83. The summed E-state index contributed by atoms with van der Waals surface area (Å²) in [5, 5.41) is 8.07. The highest BCUT2D eigenvalue weighted by molar-refractivity contribution is 7.93. The van der Waals surface area contributed by atoms with Gasteiger partial charge in [0.2, 0.25) is 5.89 Å². The molecule has 0 saturated heterocycles. The number of aromatic amines is 1. The fourth-order valence-electron chi connectivity index (χ4n) is 3.12. The van der Waals surface area contributed by atoms with Crippen molar-refractivity contribution in [2.75, 3.05) is 11.8 Å². The molecular formula is C18H19FN4O4S. The smallest absolute Gasteiger partial charge is 0.264 e. The third-order valence-corrected chi connectivity index (χ3v) is 6.12. The molecule has 2 heterocycles. The number of nitrogens with one attached hydrogen (secondary N) is 2. The van der Waals surface area contributed by atoms with E-state index in [4.69, 9.17) is 9.15 Å². The minimum atomic E-state index is -4.05. The fourth-order valence-corrected chi connectivity index (χ4v) is 4.62. The van der Waals surface area contributed by atoms with Crippen LogP contribution in [0.1, 0.15) is 36.0 Å². The van der Waals surface area contributed by atoms with E-state index in [1.165, 1.54) is 19.2 Å². The van der Waals surface area contributed by atoms with Crippen molar-refractivity contribution in [2.24, 2.45) is 0 Å². The minimum Gasteiger partial charge on any atom is -0.494 e. The second-order valence-corrected chi connectivity index (χ2v) is 8.37. The number of hydrogen-bond acceptors (Lipinski definition) is 6. The molecule has 1 aliphatic rings. The van der Waals surface area contributed by atoms with Crippen LogP contribution in [0.5, 0.6) is 5.75 Å². The summed E-state index contributed by atoms with van der Waals surface area (Å²) < 4.78 is 53.1. The zero-order valence-corrected chi connectivity index (χ0v) is 16.4. The second-order valence-electron chi connectivity index (χ2n) is 6.75. The monoisotopic (exact) mass is 406 g/mol. The van der Waals surface area contributed by atoms with Gasteiger partial charge in [0.1, 0.15) is 4.90 Å². The molecule has 0 amide bonds. The minimum absolute atomic E-state index is 0.00720. The number of hydrogen-bond donors (Lipinski definition) is 2. The molecule has 0 aliphatic heterocycles. The van der Waals surface area contributed by atoms with Crippen LogP contribution in [0.2, 0.25) is 0 Å². The van der Waals surface area contributed by atoms with Gasteiger partial charge in [-0.2, -0.15) is 0 Å². The van der Waals surface area contributed by atoms with Crippen LogP contribution in [0, 0.1) is 19.7 Å². The van der Waals surface area contributed by atoms with Crippen molar-refractivity contribution in [3.05, 3.63) is 41.3 Å². The summed E-state index contributed by atoms with van der Waals surface area (Å²) in [7, 11) is -2.72. The third kappa shape index (κ3) is 3.24. The van der Waals surface area contributed by atoms with E-state index in [0.29, 0.717) is 22.8 Å². The van der Waals surface area contributed by atoms with Crippen molar-refractivity contribution in [2.45, 2.75) is 37.5 Å². The lowest BCUT2D eigenvalue weighted by Crippen LogP contribution is -2.14. The number of sulfonamides is 1. The molecule has 0 atom stereocenters. The van der Waals surface area contributed by atoms with Crippen LogP contribution in [-0.2, 0) is 10.0 Å². The Bertz CT molecular complexity index is 1150. The zero-order chi connectivity index (χ0) is 20.1. The summed E-state index contributed by atoms with van der Waals surface area (Å²) >= 11 is 0. The highest BCUT2D eigenvalue weighted by atomic mass is 32.2. The number of aryl methyl sites for hydroxylation is 2. The molecule has 148 valence electrons. The van der Waals surface area contributed by atoms with E-state index in [-0.39, 0.29) is 28.1 Å². The van der Waals surface area contributed by atoms with Crippen LogP contribution < -0.4 is 9.46 Å². The van der Waals surface area contributed by atoms with Gasteiger partial charge in [-0.15, -0.1) is 10.2 Å². The average Bonchev–Trinajstić information content (AvgIpc) is 3.27. The normalized spacial score (nSPS) is 14.3. The van der Waals surface area contributed by atoms with Crippen LogP contribution in [0.3, 0.4) is 0 Å². The van der Waals surface area contributed by atoms with E-state index < -0.39 is 15.8 Å². The Morgan fingerprint density at radius 3 is 2.64 bits per heavy atom. The number of benzene rings is 1. The first-order valence-electron chi connectivity index (χ1n) is 8.69. The molecule has 0 bridgehead atoms. The van der Waals surface area contributed by atoms with Gasteiger partial charge in [0.15, 0.2) is 11.6 Å². The molecular weight excluding hydrogens is 387 g/mol. The van der Waals surface area contributed by atoms with Gasteiger partial charge in [-0.1, -0.05) is 0 Å². The van der Waals surface area contributed by atoms with Crippen molar-refractivity contribution in [3.63, 3.8) is 0 Å². The fraction of sp³-hybridized carbons (Fsp3) is 0.333. The zero-order valence-electron chi connectivity index (χ0n) is 15.5. The molecule has 1 aromatic carbocycles. The first kappa shape index (κ1) is 18.5. The lowest BCUT2D eigenvalue weighted by molar-refractivity contribution is 0.386. The molecule has 2 N–H and O–H groups in total. The molecule has 10 heteroatoms. The van der Waals surface area contributed by atoms with E-state index in [9.17, 15) is 12.8 Å². The Balaban J connectivity index is 1.74. The van der Waals surface area contributed by atoms with Gasteiger partial charge in [0.05, 0.1) is 18.4 Å². The molecule has 1 aliphatic carbocycles. The molecule has 2 aromatic heterocycles. The molecule has 1 saturated carbocycles. The number of ether oxygens (including phenoxy) is 1. The van der Waals surface area contributed by atoms with Crippen LogP contribution >= 0.6 is 0 Å². The van der Waals surface area contributed by atoms with Gasteiger partial charge in [-0.05, 0) is 38.8 Å². The van der Waals surface area contributed by atoms with Gasteiger partial charge in [0.25, 0.3) is 15.9 Å². The topological polar surface area (TPSA) is 110 Å². The number of halogens is 1. The molecule has 0 spiro atoms. The van der Waals surface area contributed by atoms with Crippen molar-refractivity contribution in [3.8, 4) is 17.2 Å². The summed E-state index contributed by atoms with van der Waals surface area (Å²) in [5.74, 6) is 0.264. The van der Waals surface area contributed by atoms with Gasteiger partial charge in [0, 0.05) is 23.4 Å². The van der Waals surface area contributed by atoms with Gasteiger partial charge in [-0.3, -0.25) is 4.72 Å². The first-order chi connectivity index (χ1) is 13.3. The molecule has 3 aromatic rings. The highest BCUT2D eigenvalue weighted by Crippen LogP contribution is 2.41. The molecule has 28 heavy (non-hydrogen) atoms. The lowest BCUT2D eigenvalue weighted by Gasteiger charge is -2.10. The van der Waals surface area contributed by atoms with Crippen molar-refractivity contribution in [1.82, 2.24) is 15.2 Å². The quantitative estimate of drug-likeness (QED) is 0.648. The maximum Gasteiger partial charge on any atom is 0.264 e. The van der Waals surface area contributed by atoms with E-state index in [2.05, 4.69) is 19.9 Å². The Hall–Kier alpha value is -2.88. The molecule has 4 rings (SSSR count). The Morgan fingerprint density at radius 1 is 1.25 bits per heavy atom. The van der Waals surface area contributed by atoms with E-state index in [1.807, 2.05) is 0 Å². The standard InChI is InChI=1S/C18H19FN4O4S/c1-9-15(18-22-21-17(27-18)11-4-5-11)16(10(2)20-9)28(24,25)23-12-6-7-14(26-3)13(19)8-12/h6-8,11,20,23H,4-5H2,1-3H3. The highest BCUT2D eigenvalue weighted by Gasteiger charge is 2.33. The van der Waals surface area contributed by atoms with Gasteiger partial charge < -0.3 is 14.1 Å². The number of H-pyrrole nitrogens is 1. The van der Waals surface area contributed by atoms with Crippen molar-refractivity contribution in [1.29, 1.82) is 0 Å². The van der Waals surface area contributed by atoms with E-state index in [1.54, 1.807) is 13.8 Å². The number of rotatable bonds is 6. The summed E-state index contributed by atoms with van der Waals surface area (Å²) in [6.45, 7) is 3.37. The molecule has 0 radical (unpaired) electrons. The Kier molecular flexibility index (Phi) is 4.37. The predicted molar refractivity (Wildman–Crippen MR) is 99.3 cm³/mol. The third-order valence-electron chi connectivity index (χ3n) is 4.57. The summed E-state index contributed by atoms with van der Waals surface area (Å²) in [5.41, 5.74) is 1.40. The van der Waals surface area contributed by atoms with Gasteiger partial charge >= 0.3 is 0 Å². The second kappa shape index (κ2) is 6.62. The van der Waals surface area contributed by atoms with Gasteiger partial charge in [-0.25, -0.2) is 12.8 Å². The molecule has 1 fully saturated rings. The maximum absolute atomic E-state index is 13.9. The number of methoxy groups -OCH3 is 1. The lowest BCUT2D eigenvalue weighted by atomic mass is 10.2. The van der Waals surface area contributed by atoms with Crippen LogP contribution in [0.15, 0.2) is 27.5 Å². The predicted octanol–water partition coefficient (Wildman–Crippen LogP) is 3.51. The Labute approximate surface area is 161 Å². The Morgan fingerprint density at radius 2 is 2.00 bits per heavy atom. The number of anilines is 1. The molecule has 8 nitrogen and oxygen atoms in total.